The van der Waals surface area contributed by atoms with E-state index in [9.17, 15) is 4.39 Å². The molecule has 142 valence electrons. The van der Waals surface area contributed by atoms with E-state index in [4.69, 9.17) is 5.26 Å². The van der Waals surface area contributed by atoms with Crippen LogP contribution >= 0.6 is 0 Å². The number of allylic oxidation sites excluding steroid dienone is 6. The van der Waals surface area contributed by atoms with E-state index in [1.807, 2.05) is 30.4 Å². The Balaban J connectivity index is 1.39. The number of halogens is 1. The van der Waals surface area contributed by atoms with Crippen molar-refractivity contribution in [1.82, 2.24) is 0 Å². The highest BCUT2D eigenvalue weighted by molar-refractivity contribution is 5.21. The van der Waals surface area contributed by atoms with Crippen LogP contribution in [0.2, 0.25) is 0 Å². The van der Waals surface area contributed by atoms with Gasteiger partial charge in [0.1, 0.15) is 5.82 Å². The zero-order valence-electron chi connectivity index (χ0n) is 16.1. The van der Waals surface area contributed by atoms with E-state index in [1.165, 1.54) is 63.0 Å². The van der Waals surface area contributed by atoms with Crippen molar-refractivity contribution in [3.8, 4) is 6.07 Å². The van der Waals surface area contributed by atoms with Gasteiger partial charge >= 0.3 is 0 Å². The number of rotatable bonds is 5. The van der Waals surface area contributed by atoms with E-state index in [2.05, 4.69) is 18.2 Å². The topological polar surface area (TPSA) is 23.8 Å². The third-order valence-electron chi connectivity index (χ3n) is 6.25. The van der Waals surface area contributed by atoms with Gasteiger partial charge in [0, 0.05) is 6.08 Å². The lowest BCUT2D eigenvalue weighted by Gasteiger charge is -2.28. The number of nitrogens with zero attached hydrogens (tertiary/aromatic N) is 1. The van der Waals surface area contributed by atoms with Crippen LogP contribution in [0.3, 0.4) is 0 Å². The van der Waals surface area contributed by atoms with Crippen molar-refractivity contribution in [1.29, 1.82) is 5.26 Å². The fourth-order valence-electron chi connectivity index (χ4n) is 4.54. The molecule has 0 aromatic heterocycles. The van der Waals surface area contributed by atoms with E-state index < -0.39 is 0 Å². The van der Waals surface area contributed by atoms with Crippen molar-refractivity contribution in [2.24, 2.45) is 17.8 Å². The smallest absolute Gasteiger partial charge is 0.123 e. The molecule has 0 saturated heterocycles. The Kier molecular flexibility index (Phi) is 7.45. The molecule has 3 rings (SSSR count). The summed E-state index contributed by atoms with van der Waals surface area (Å²) in [6.45, 7) is 0. The van der Waals surface area contributed by atoms with Crippen LogP contribution in [0.15, 0.2) is 60.7 Å². The van der Waals surface area contributed by atoms with Gasteiger partial charge in [-0.2, -0.15) is 5.26 Å². The van der Waals surface area contributed by atoms with E-state index in [0.717, 1.165) is 11.8 Å². The molecule has 27 heavy (non-hydrogen) atoms. The zero-order valence-corrected chi connectivity index (χ0v) is 16.1. The molecule has 0 bridgehead atoms. The number of hydrogen-bond acceptors (Lipinski definition) is 1. The molecule has 0 amide bonds. The minimum absolute atomic E-state index is 0.140. The average molecular weight is 364 g/mol. The van der Waals surface area contributed by atoms with Gasteiger partial charge in [-0.05, 0) is 92.7 Å². The van der Waals surface area contributed by atoms with Crippen LogP contribution in [0.1, 0.15) is 62.8 Å². The van der Waals surface area contributed by atoms with Gasteiger partial charge in [0.05, 0.1) is 6.07 Å². The predicted octanol–water partition coefficient (Wildman–Crippen LogP) is 7.10. The Morgan fingerprint density at radius 2 is 1.26 bits per heavy atom. The van der Waals surface area contributed by atoms with Gasteiger partial charge in [-0.15, -0.1) is 0 Å². The lowest BCUT2D eigenvalue weighted by atomic mass is 9.77. The summed E-state index contributed by atoms with van der Waals surface area (Å²) in [7, 11) is 0. The Bertz CT molecular complexity index is 691. The summed E-state index contributed by atoms with van der Waals surface area (Å²) in [6, 6.07) is 9.11. The third-order valence-corrected chi connectivity index (χ3v) is 6.25. The van der Waals surface area contributed by atoms with Crippen LogP contribution in [0.25, 0.3) is 0 Å². The Labute approximate surface area is 163 Å². The molecule has 0 spiro atoms. The Morgan fingerprint density at radius 1 is 0.741 bits per heavy atom. The zero-order chi connectivity index (χ0) is 18.9. The third kappa shape index (κ3) is 6.21. The highest BCUT2D eigenvalue weighted by Gasteiger charge is 2.22. The number of benzene rings is 1. The molecule has 2 aliphatic rings. The maximum Gasteiger partial charge on any atom is 0.123 e. The van der Waals surface area contributed by atoms with Crippen LogP contribution in [-0.2, 0) is 0 Å². The van der Waals surface area contributed by atoms with Gasteiger partial charge in [-0.1, -0.05) is 42.5 Å². The quantitative estimate of drug-likeness (QED) is 0.311. The van der Waals surface area contributed by atoms with Crippen LogP contribution in [0.4, 0.5) is 4.39 Å². The van der Waals surface area contributed by atoms with Gasteiger partial charge in [0.25, 0.3) is 0 Å². The highest BCUT2D eigenvalue weighted by atomic mass is 19.1. The van der Waals surface area contributed by atoms with E-state index in [1.54, 1.807) is 12.1 Å². The SMILES string of the molecule is N#CC=CC=C[C@H]1CC[C@H](/C=C/[C@H]2CC[C@H](c3ccc(F)cc3)CC2)CC1. The van der Waals surface area contributed by atoms with Crippen LogP contribution in [0, 0.1) is 34.9 Å². The molecule has 0 atom stereocenters. The molecule has 0 heterocycles. The molecule has 2 fully saturated rings. The number of nitriles is 1. The first kappa shape index (κ1) is 19.6. The first-order valence-electron chi connectivity index (χ1n) is 10.4. The molecule has 0 unspecified atom stereocenters. The Hall–Kier alpha value is -2.14. The standard InChI is InChI=1S/C25H30FN/c26-25-17-15-24(16-18-25)23-13-11-22(12-14-23)10-9-21-7-5-20(6-8-21)4-2-1-3-19-27/h1-4,9-10,15-18,20-23H,5-8,11-14H2/b3-1?,4-2?,10-9+/t20-,21-,22-,23-. The fourth-order valence-corrected chi connectivity index (χ4v) is 4.54. The van der Waals surface area contributed by atoms with Crippen molar-refractivity contribution in [3.63, 3.8) is 0 Å². The van der Waals surface area contributed by atoms with Gasteiger partial charge < -0.3 is 0 Å². The average Bonchev–Trinajstić information content (AvgIpc) is 2.72. The van der Waals surface area contributed by atoms with Gasteiger partial charge in [0.2, 0.25) is 0 Å². The summed E-state index contributed by atoms with van der Waals surface area (Å²) < 4.78 is 13.1. The molecule has 0 aliphatic heterocycles. The minimum Gasteiger partial charge on any atom is -0.207 e. The van der Waals surface area contributed by atoms with E-state index in [0.29, 0.717) is 11.8 Å². The van der Waals surface area contributed by atoms with Crippen molar-refractivity contribution >= 4 is 0 Å². The molecule has 0 N–H and O–H groups in total. The van der Waals surface area contributed by atoms with E-state index in [-0.39, 0.29) is 5.82 Å². The van der Waals surface area contributed by atoms with Crippen molar-refractivity contribution in [3.05, 3.63) is 72.1 Å². The predicted molar refractivity (Wildman–Crippen MR) is 110 cm³/mol. The maximum atomic E-state index is 13.1. The molecule has 0 radical (unpaired) electrons. The highest BCUT2D eigenvalue weighted by Crippen LogP contribution is 2.37. The second-order valence-electron chi connectivity index (χ2n) is 8.10. The Morgan fingerprint density at radius 3 is 1.81 bits per heavy atom. The molecule has 2 heteroatoms. The molecule has 2 aliphatic carbocycles. The van der Waals surface area contributed by atoms with Crippen LogP contribution in [-0.4, -0.2) is 0 Å². The lowest BCUT2D eigenvalue weighted by Crippen LogP contribution is -2.14. The summed E-state index contributed by atoms with van der Waals surface area (Å²) in [5.41, 5.74) is 1.30. The number of hydrogen-bond donors (Lipinski definition) is 0. The summed E-state index contributed by atoms with van der Waals surface area (Å²) in [5.74, 6) is 2.59. The summed E-state index contributed by atoms with van der Waals surface area (Å²) >= 11 is 0. The summed E-state index contributed by atoms with van der Waals surface area (Å²) in [4.78, 5) is 0. The van der Waals surface area contributed by atoms with Crippen molar-refractivity contribution < 1.29 is 4.39 Å². The summed E-state index contributed by atoms with van der Waals surface area (Å²) in [6.07, 6.45) is 22.6. The van der Waals surface area contributed by atoms with Crippen LogP contribution in [0.5, 0.6) is 0 Å². The minimum atomic E-state index is -0.140. The largest absolute Gasteiger partial charge is 0.207 e. The normalized spacial score (nSPS) is 29.5. The second kappa shape index (κ2) is 10.3. The second-order valence-corrected chi connectivity index (χ2v) is 8.10. The molecule has 1 nitrogen and oxygen atoms in total. The molecular weight excluding hydrogens is 333 g/mol. The maximum absolute atomic E-state index is 13.1. The molecule has 1 aromatic rings. The van der Waals surface area contributed by atoms with Gasteiger partial charge in [-0.25, -0.2) is 4.39 Å². The molecular formula is C25H30FN. The van der Waals surface area contributed by atoms with E-state index >= 15 is 0 Å². The monoisotopic (exact) mass is 363 g/mol. The fraction of sp³-hybridized carbons (Fsp3) is 0.480. The summed E-state index contributed by atoms with van der Waals surface area (Å²) in [5, 5.41) is 8.49. The molecule has 2 saturated carbocycles. The first-order valence-corrected chi connectivity index (χ1v) is 10.4. The lowest BCUT2D eigenvalue weighted by molar-refractivity contribution is 0.348. The van der Waals surface area contributed by atoms with Crippen molar-refractivity contribution in [2.75, 3.05) is 0 Å². The van der Waals surface area contributed by atoms with Crippen molar-refractivity contribution in [2.45, 2.75) is 57.3 Å². The molecule has 1 aromatic carbocycles. The van der Waals surface area contributed by atoms with Crippen LogP contribution < -0.4 is 0 Å². The van der Waals surface area contributed by atoms with Gasteiger partial charge in [-0.3, -0.25) is 0 Å². The first-order chi connectivity index (χ1) is 13.2. The van der Waals surface area contributed by atoms with Gasteiger partial charge in [0.15, 0.2) is 0 Å².